The van der Waals surface area contributed by atoms with E-state index in [2.05, 4.69) is 16.0 Å². The van der Waals surface area contributed by atoms with Gasteiger partial charge < -0.3 is 39.8 Å². The fraction of sp³-hybridized carbons (Fsp3) is 0.341. The highest BCUT2D eigenvalue weighted by atomic mass is 35.5. The normalized spacial score (nSPS) is 14.3. The van der Waals surface area contributed by atoms with Gasteiger partial charge in [0.25, 0.3) is 11.8 Å². The van der Waals surface area contributed by atoms with Gasteiger partial charge in [-0.1, -0.05) is 63.0 Å². The maximum absolute atomic E-state index is 14.0. The van der Waals surface area contributed by atoms with Crippen molar-refractivity contribution in [1.82, 2.24) is 20.9 Å². The third-order valence-electron chi connectivity index (χ3n) is 9.43. The molecule has 4 N–H and O–H groups in total. The SMILES string of the molecule is CC(=O)N[C@@H](CSSC[C@H](NC(C)=O)C(=O)OC(C)OC(=O)[C@H](Cc1cccc(S(C)(=O)=O)c1)NC(=O)c1c(Cl)cc2c(c1Cl)CCN(C(=O)c1ccc3ccoc3c1)C2)C(=O)O. The summed E-state index contributed by atoms with van der Waals surface area (Å²) in [6, 6.07) is 10.1. The second-order valence-electron chi connectivity index (χ2n) is 14.3. The molecule has 0 radical (unpaired) electrons. The van der Waals surface area contributed by atoms with Crippen molar-refractivity contribution in [1.29, 1.82) is 0 Å². The summed E-state index contributed by atoms with van der Waals surface area (Å²) >= 11 is 13.5. The van der Waals surface area contributed by atoms with Gasteiger partial charge in [-0.25, -0.2) is 22.8 Å². The molecular weight excluding hydrogens is 924 g/mol. The summed E-state index contributed by atoms with van der Waals surface area (Å²) in [6.45, 7) is 3.94. The Kier molecular flexibility index (Phi) is 16.6. The minimum Gasteiger partial charge on any atom is -0.480 e. The first-order valence-electron chi connectivity index (χ1n) is 19.0. The highest BCUT2D eigenvalue weighted by Gasteiger charge is 2.33. The second-order valence-corrected chi connectivity index (χ2v) is 19.7. The first-order chi connectivity index (χ1) is 29.7. The number of carboxylic acid groups (broad SMARTS) is 1. The zero-order chi connectivity index (χ0) is 46.2. The van der Waals surface area contributed by atoms with Crippen LogP contribution in [0, 0.1) is 0 Å². The van der Waals surface area contributed by atoms with Crippen LogP contribution in [-0.4, -0.2) is 109 Å². The van der Waals surface area contributed by atoms with Gasteiger partial charge >= 0.3 is 17.9 Å². The molecule has 4 aromatic rings. The first-order valence-corrected chi connectivity index (χ1v) is 24.1. The molecule has 22 heteroatoms. The van der Waals surface area contributed by atoms with Crippen molar-refractivity contribution in [3.8, 4) is 0 Å². The van der Waals surface area contributed by atoms with Crippen molar-refractivity contribution in [2.75, 3.05) is 24.3 Å². The van der Waals surface area contributed by atoms with E-state index in [1.807, 2.05) is 0 Å². The quantitative estimate of drug-likeness (QED) is 0.0461. The van der Waals surface area contributed by atoms with Gasteiger partial charge in [0.1, 0.15) is 23.7 Å². The van der Waals surface area contributed by atoms with Gasteiger partial charge in [-0.3, -0.25) is 19.2 Å². The molecule has 0 aliphatic carbocycles. The molecule has 1 aliphatic heterocycles. The topological polar surface area (TPSA) is 245 Å². The van der Waals surface area contributed by atoms with Crippen molar-refractivity contribution >= 4 is 107 Å². The van der Waals surface area contributed by atoms with Gasteiger partial charge in [0.2, 0.25) is 18.1 Å². The van der Waals surface area contributed by atoms with E-state index in [1.165, 1.54) is 50.4 Å². The highest BCUT2D eigenvalue weighted by molar-refractivity contribution is 8.76. The minimum atomic E-state index is -3.67. The Labute approximate surface area is 379 Å². The summed E-state index contributed by atoms with van der Waals surface area (Å²) in [5.74, 6) is -5.82. The smallest absolute Gasteiger partial charge is 0.332 e. The Morgan fingerprint density at radius 2 is 1.52 bits per heavy atom. The van der Waals surface area contributed by atoms with Crippen LogP contribution in [-0.2, 0) is 62.7 Å². The zero-order valence-electron chi connectivity index (χ0n) is 34.1. The number of rotatable bonds is 18. The van der Waals surface area contributed by atoms with Crippen molar-refractivity contribution < 1.29 is 61.0 Å². The van der Waals surface area contributed by atoms with E-state index in [0.29, 0.717) is 27.8 Å². The van der Waals surface area contributed by atoms with Crippen LogP contribution in [0.25, 0.3) is 11.0 Å². The van der Waals surface area contributed by atoms with E-state index in [4.69, 9.17) is 37.1 Å². The number of ether oxygens (including phenoxy) is 2. The fourth-order valence-electron chi connectivity index (χ4n) is 6.45. The van der Waals surface area contributed by atoms with Crippen LogP contribution in [0.2, 0.25) is 10.0 Å². The number of carbonyl (C=O) groups excluding carboxylic acids is 6. The average molecular weight is 966 g/mol. The summed E-state index contributed by atoms with van der Waals surface area (Å²) in [6.07, 6.45) is 0.927. The first kappa shape index (κ1) is 48.7. The lowest BCUT2D eigenvalue weighted by Crippen LogP contribution is -2.46. The summed E-state index contributed by atoms with van der Waals surface area (Å²) in [7, 11) is -1.64. The predicted octanol–water partition coefficient (Wildman–Crippen LogP) is 4.59. The summed E-state index contributed by atoms with van der Waals surface area (Å²) in [5, 5.41) is 17.4. The number of nitrogens with one attached hydrogen (secondary N) is 3. The molecule has 63 heavy (non-hydrogen) atoms. The van der Waals surface area contributed by atoms with Gasteiger partial charge in [-0.05, 0) is 59.5 Å². The van der Waals surface area contributed by atoms with Crippen LogP contribution in [0.3, 0.4) is 0 Å². The molecule has 0 bridgehead atoms. The van der Waals surface area contributed by atoms with Gasteiger partial charge in [0, 0.05) is 69.0 Å². The van der Waals surface area contributed by atoms with Crippen LogP contribution >= 0.6 is 44.8 Å². The predicted molar refractivity (Wildman–Crippen MR) is 235 cm³/mol. The lowest BCUT2D eigenvalue weighted by molar-refractivity contribution is -0.187. The van der Waals surface area contributed by atoms with Gasteiger partial charge in [0.05, 0.1) is 26.8 Å². The number of fused-ring (bicyclic) bond motifs is 2. The van der Waals surface area contributed by atoms with Gasteiger partial charge in [0.15, 0.2) is 9.84 Å². The third-order valence-corrected chi connectivity index (χ3v) is 13.7. The van der Waals surface area contributed by atoms with Crippen LogP contribution < -0.4 is 16.0 Å². The third kappa shape index (κ3) is 13.1. The van der Waals surface area contributed by atoms with Crippen molar-refractivity contribution in [2.45, 2.75) is 69.5 Å². The number of amides is 4. The highest BCUT2D eigenvalue weighted by Crippen LogP contribution is 2.35. The Balaban J connectivity index is 1.31. The Morgan fingerprint density at radius 1 is 0.873 bits per heavy atom. The van der Waals surface area contributed by atoms with E-state index >= 15 is 0 Å². The lowest BCUT2D eigenvalue weighted by Gasteiger charge is -2.30. The Hall–Kier alpha value is -5.28. The van der Waals surface area contributed by atoms with Gasteiger partial charge in [-0.15, -0.1) is 0 Å². The van der Waals surface area contributed by atoms with Crippen LogP contribution in [0.15, 0.2) is 70.2 Å². The zero-order valence-corrected chi connectivity index (χ0v) is 38.1. The monoisotopic (exact) mass is 964 g/mol. The number of aliphatic carboxylic acids is 1. The maximum Gasteiger partial charge on any atom is 0.332 e. The number of benzene rings is 3. The molecule has 4 amide bonds. The standard InChI is InChI=1S/C41H42Cl2N4O13S3/c1-21(48)44-32(39(52)53)19-61-62-20-33(45-22(2)49)41(55)60-23(3)59-40(54)31(15-24-6-5-7-28(14-24)63(4,56)57)46-37(50)35-30(42)16-27-18-47(12-10-29(27)36(35)43)38(51)26-9-8-25-11-13-58-34(25)17-26/h5-9,11,13-14,16-17,23,31-33H,10,12,15,18-20H2,1-4H3,(H,44,48)(H,45,49)(H,46,50)(H,52,53)/t23?,31-,32-,33-/m0/s1. The number of esters is 2. The van der Waals surface area contributed by atoms with Crippen LogP contribution in [0.1, 0.15) is 58.2 Å². The van der Waals surface area contributed by atoms with E-state index < -0.39 is 69.9 Å². The summed E-state index contributed by atoms with van der Waals surface area (Å²) < 4.78 is 40.9. The van der Waals surface area contributed by atoms with Crippen LogP contribution in [0.5, 0.6) is 0 Å². The number of hydrogen-bond donors (Lipinski definition) is 4. The second kappa shape index (κ2) is 21.4. The fourth-order valence-corrected chi connectivity index (χ4v) is 10.2. The number of halogens is 2. The van der Waals surface area contributed by atoms with E-state index in [9.17, 15) is 47.1 Å². The van der Waals surface area contributed by atoms with Crippen molar-refractivity contribution in [2.24, 2.45) is 0 Å². The molecule has 0 saturated carbocycles. The average Bonchev–Trinajstić information content (AvgIpc) is 3.68. The Bertz CT molecular complexity index is 2550. The molecule has 17 nitrogen and oxygen atoms in total. The molecule has 5 rings (SSSR count). The van der Waals surface area contributed by atoms with Crippen molar-refractivity contribution in [3.63, 3.8) is 0 Å². The molecule has 336 valence electrons. The minimum absolute atomic E-state index is 0.00114. The summed E-state index contributed by atoms with van der Waals surface area (Å²) in [4.78, 5) is 90.8. The number of nitrogens with zero attached hydrogens (tertiary/aromatic N) is 1. The summed E-state index contributed by atoms with van der Waals surface area (Å²) in [5.41, 5.74) is 2.31. The molecule has 0 saturated heterocycles. The Morgan fingerprint density at radius 3 is 2.17 bits per heavy atom. The van der Waals surface area contributed by atoms with E-state index in [-0.39, 0.29) is 63.8 Å². The molecule has 4 atom stereocenters. The molecule has 1 aromatic heterocycles. The molecule has 3 aromatic carbocycles. The molecule has 0 spiro atoms. The number of furan rings is 1. The van der Waals surface area contributed by atoms with E-state index in [1.54, 1.807) is 29.2 Å². The molecule has 1 aliphatic rings. The molecule has 0 fully saturated rings. The number of hydrogen-bond acceptors (Lipinski definition) is 14. The molecule has 1 unspecified atom stereocenters. The van der Waals surface area contributed by atoms with Gasteiger partial charge in [-0.2, -0.15) is 0 Å². The van der Waals surface area contributed by atoms with Crippen molar-refractivity contribution in [3.05, 3.63) is 98.7 Å². The largest absolute Gasteiger partial charge is 0.480 e. The van der Waals surface area contributed by atoms with Crippen LogP contribution in [0.4, 0.5) is 0 Å². The maximum atomic E-state index is 14.0. The number of carboxylic acids is 1. The molecule has 2 heterocycles. The molecular formula is C41H42Cl2N4O13S3. The number of sulfone groups is 1. The number of carbonyl (C=O) groups is 7. The lowest BCUT2D eigenvalue weighted by atomic mass is 9.95. The van der Waals surface area contributed by atoms with E-state index in [0.717, 1.165) is 40.2 Å².